The highest BCUT2D eigenvalue weighted by Gasteiger charge is 2.36. The van der Waals surface area contributed by atoms with Crippen molar-refractivity contribution in [3.63, 3.8) is 0 Å². The van der Waals surface area contributed by atoms with Gasteiger partial charge in [-0.25, -0.2) is 0 Å². The summed E-state index contributed by atoms with van der Waals surface area (Å²) in [5.41, 5.74) is 0.645. The third-order valence-corrected chi connectivity index (χ3v) is 6.98. The van der Waals surface area contributed by atoms with Gasteiger partial charge in [0.1, 0.15) is 0 Å². The molecule has 0 heterocycles. The fourth-order valence-electron chi connectivity index (χ4n) is 5.07. The molecule has 0 radical (unpaired) electrons. The Labute approximate surface area is 186 Å². The maximum Gasteiger partial charge on any atom is 0.0158 e. The molecule has 176 valence electrons. The predicted octanol–water partition coefficient (Wildman–Crippen LogP) is 9.93. The fourth-order valence-corrected chi connectivity index (χ4v) is 5.07. The van der Waals surface area contributed by atoms with E-state index in [0.717, 1.165) is 0 Å². The lowest BCUT2D eigenvalue weighted by Crippen LogP contribution is -2.55. The molecule has 0 aliphatic rings. The highest BCUT2D eigenvalue weighted by molar-refractivity contribution is 4.92. The fraction of sp³-hybridized carbons (Fsp3) is 1.00. The third-order valence-electron chi connectivity index (χ3n) is 6.98. The molecular weight excluding hydrogens is 350 g/mol. The first-order valence-electron chi connectivity index (χ1n) is 13.6. The molecule has 0 aliphatic heterocycles. The van der Waals surface area contributed by atoms with Crippen molar-refractivity contribution in [2.45, 2.75) is 175 Å². The van der Waals surface area contributed by atoms with Crippen LogP contribution < -0.4 is 0 Å². The van der Waals surface area contributed by atoms with E-state index in [9.17, 15) is 0 Å². The van der Waals surface area contributed by atoms with E-state index in [0.29, 0.717) is 11.1 Å². The molecule has 0 bridgehead atoms. The van der Waals surface area contributed by atoms with Crippen LogP contribution >= 0.6 is 0 Å². The standard InChI is InChI=1S/C28H59N/c1-8-11-14-17-18-19-20-23-26-29(27(4,5)24-21-15-12-9-2)28(6,7)25-22-16-13-10-3/h8-26H2,1-7H3. The Morgan fingerprint density at radius 2 is 0.724 bits per heavy atom. The van der Waals surface area contributed by atoms with Crippen LogP contribution in [0.15, 0.2) is 0 Å². The Hall–Kier alpha value is -0.0400. The quantitative estimate of drug-likeness (QED) is 0.170. The molecule has 0 fully saturated rings. The summed E-state index contributed by atoms with van der Waals surface area (Å²) < 4.78 is 0. The van der Waals surface area contributed by atoms with Crippen LogP contribution in [-0.2, 0) is 0 Å². The lowest BCUT2D eigenvalue weighted by molar-refractivity contribution is 0.00154. The van der Waals surface area contributed by atoms with E-state index in [2.05, 4.69) is 53.4 Å². The number of unbranched alkanes of at least 4 members (excludes halogenated alkanes) is 13. The van der Waals surface area contributed by atoms with Gasteiger partial charge in [-0.05, 0) is 53.5 Å². The van der Waals surface area contributed by atoms with E-state index in [1.165, 1.54) is 122 Å². The van der Waals surface area contributed by atoms with Gasteiger partial charge in [0.25, 0.3) is 0 Å². The van der Waals surface area contributed by atoms with Gasteiger partial charge in [-0.2, -0.15) is 0 Å². The molecule has 29 heavy (non-hydrogen) atoms. The van der Waals surface area contributed by atoms with Crippen LogP contribution in [0.1, 0.15) is 164 Å². The van der Waals surface area contributed by atoms with E-state index >= 15 is 0 Å². The smallest absolute Gasteiger partial charge is 0.0158 e. The van der Waals surface area contributed by atoms with Gasteiger partial charge >= 0.3 is 0 Å². The molecule has 0 unspecified atom stereocenters. The van der Waals surface area contributed by atoms with Crippen LogP contribution in [0.25, 0.3) is 0 Å². The predicted molar refractivity (Wildman–Crippen MR) is 135 cm³/mol. The van der Waals surface area contributed by atoms with Crippen molar-refractivity contribution in [2.24, 2.45) is 0 Å². The summed E-state index contributed by atoms with van der Waals surface area (Å²) in [6, 6.07) is 0. The summed E-state index contributed by atoms with van der Waals surface area (Å²) in [5.74, 6) is 0. The zero-order chi connectivity index (χ0) is 22.0. The molecule has 0 aliphatic carbocycles. The average molecular weight is 410 g/mol. The van der Waals surface area contributed by atoms with E-state index in [-0.39, 0.29) is 0 Å². The largest absolute Gasteiger partial charge is 0.293 e. The lowest BCUT2D eigenvalue weighted by Gasteiger charge is -2.49. The highest BCUT2D eigenvalue weighted by Crippen LogP contribution is 2.33. The van der Waals surface area contributed by atoms with Crippen molar-refractivity contribution in [3.8, 4) is 0 Å². The Morgan fingerprint density at radius 3 is 1.10 bits per heavy atom. The zero-order valence-corrected chi connectivity index (χ0v) is 21.9. The molecule has 0 amide bonds. The Bertz CT molecular complexity index is 320. The van der Waals surface area contributed by atoms with Crippen LogP contribution in [0.4, 0.5) is 0 Å². The minimum Gasteiger partial charge on any atom is -0.293 e. The van der Waals surface area contributed by atoms with Crippen LogP contribution in [0.5, 0.6) is 0 Å². The lowest BCUT2D eigenvalue weighted by atomic mass is 9.85. The van der Waals surface area contributed by atoms with Crippen molar-refractivity contribution in [2.75, 3.05) is 6.54 Å². The van der Waals surface area contributed by atoms with Crippen molar-refractivity contribution < 1.29 is 0 Å². The second kappa shape index (κ2) is 17.6. The minimum atomic E-state index is 0.323. The number of hydrogen-bond donors (Lipinski definition) is 0. The molecule has 0 rings (SSSR count). The maximum atomic E-state index is 2.91. The summed E-state index contributed by atoms with van der Waals surface area (Å²) in [6.45, 7) is 18.3. The molecular formula is C28H59N. The molecule has 0 aromatic carbocycles. The first-order chi connectivity index (χ1) is 13.8. The monoisotopic (exact) mass is 409 g/mol. The molecule has 1 heteroatoms. The SMILES string of the molecule is CCCCCCCCCCN(C(C)(C)CCCCCC)C(C)(C)CCCCCC. The Kier molecular flexibility index (Phi) is 17.6. The number of rotatable bonds is 21. The van der Waals surface area contributed by atoms with Gasteiger partial charge in [0.15, 0.2) is 0 Å². The van der Waals surface area contributed by atoms with E-state index < -0.39 is 0 Å². The molecule has 0 saturated heterocycles. The maximum absolute atomic E-state index is 2.91. The summed E-state index contributed by atoms with van der Waals surface area (Å²) in [4.78, 5) is 2.91. The zero-order valence-electron chi connectivity index (χ0n) is 21.9. The molecule has 0 saturated carbocycles. The van der Waals surface area contributed by atoms with E-state index in [1.807, 2.05) is 0 Å². The van der Waals surface area contributed by atoms with Gasteiger partial charge in [0, 0.05) is 11.1 Å². The Morgan fingerprint density at radius 1 is 0.414 bits per heavy atom. The second-order valence-corrected chi connectivity index (χ2v) is 10.9. The summed E-state index contributed by atoms with van der Waals surface area (Å²) in [5, 5.41) is 0. The molecule has 0 spiro atoms. The van der Waals surface area contributed by atoms with E-state index in [4.69, 9.17) is 0 Å². The van der Waals surface area contributed by atoms with Crippen LogP contribution in [0, 0.1) is 0 Å². The van der Waals surface area contributed by atoms with Gasteiger partial charge < -0.3 is 0 Å². The average Bonchev–Trinajstić information content (AvgIpc) is 2.67. The summed E-state index contributed by atoms with van der Waals surface area (Å²) in [6.07, 6.45) is 25.1. The van der Waals surface area contributed by atoms with E-state index in [1.54, 1.807) is 0 Å². The van der Waals surface area contributed by atoms with Gasteiger partial charge in [-0.15, -0.1) is 0 Å². The molecule has 1 nitrogen and oxygen atoms in total. The minimum absolute atomic E-state index is 0.323. The normalized spacial score (nSPS) is 12.8. The van der Waals surface area contributed by atoms with Gasteiger partial charge in [-0.3, -0.25) is 4.90 Å². The first-order valence-corrected chi connectivity index (χ1v) is 13.6. The number of hydrogen-bond acceptors (Lipinski definition) is 1. The molecule has 0 atom stereocenters. The van der Waals surface area contributed by atoms with Crippen molar-refractivity contribution >= 4 is 0 Å². The first kappa shape index (κ1) is 29.0. The van der Waals surface area contributed by atoms with Crippen molar-refractivity contribution in [3.05, 3.63) is 0 Å². The van der Waals surface area contributed by atoms with Crippen LogP contribution in [-0.4, -0.2) is 22.5 Å². The topological polar surface area (TPSA) is 3.24 Å². The molecule has 0 N–H and O–H groups in total. The van der Waals surface area contributed by atoms with Gasteiger partial charge in [0.05, 0.1) is 0 Å². The molecule has 0 aromatic rings. The van der Waals surface area contributed by atoms with Gasteiger partial charge in [-0.1, -0.05) is 117 Å². The summed E-state index contributed by atoms with van der Waals surface area (Å²) >= 11 is 0. The van der Waals surface area contributed by atoms with Gasteiger partial charge in [0.2, 0.25) is 0 Å². The van der Waals surface area contributed by atoms with Crippen LogP contribution in [0.3, 0.4) is 0 Å². The summed E-state index contributed by atoms with van der Waals surface area (Å²) in [7, 11) is 0. The van der Waals surface area contributed by atoms with Crippen LogP contribution in [0.2, 0.25) is 0 Å². The highest BCUT2D eigenvalue weighted by atomic mass is 15.2. The van der Waals surface area contributed by atoms with Crippen molar-refractivity contribution in [1.82, 2.24) is 4.90 Å². The third kappa shape index (κ3) is 14.6. The second-order valence-electron chi connectivity index (χ2n) is 10.9. The number of nitrogens with zero attached hydrogens (tertiary/aromatic N) is 1. The molecule has 0 aromatic heterocycles. The Balaban J connectivity index is 4.64. The van der Waals surface area contributed by atoms with Crippen molar-refractivity contribution in [1.29, 1.82) is 0 Å².